The summed E-state index contributed by atoms with van der Waals surface area (Å²) in [5.74, 6) is 1.67. The molecule has 4 rings (SSSR count). The van der Waals surface area contributed by atoms with Crippen molar-refractivity contribution < 1.29 is 28.2 Å². The highest BCUT2D eigenvalue weighted by molar-refractivity contribution is 7.99. The van der Waals surface area contributed by atoms with Gasteiger partial charge in [-0.15, -0.1) is 0 Å². The van der Waals surface area contributed by atoms with E-state index >= 15 is 0 Å². The lowest BCUT2D eigenvalue weighted by atomic mass is 10.2. The maximum absolute atomic E-state index is 12.3. The Hall–Kier alpha value is -3.40. The van der Waals surface area contributed by atoms with Crippen molar-refractivity contribution in [3.63, 3.8) is 0 Å². The van der Waals surface area contributed by atoms with Gasteiger partial charge in [0.25, 0.3) is 0 Å². The number of thioether (sulfide) groups is 1. The molecule has 150 valence electrons. The van der Waals surface area contributed by atoms with E-state index in [1.165, 1.54) is 4.68 Å². The van der Waals surface area contributed by atoms with Crippen LogP contribution in [0.2, 0.25) is 0 Å². The molecule has 1 aliphatic rings. The normalized spacial score (nSPS) is 12.4. The maximum atomic E-state index is 12.3. The van der Waals surface area contributed by atoms with E-state index in [-0.39, 0.29) is 16.7 Å². The third-order valence-electron chi connectivity index (χ3n) is 4.10. The number of carbonyl (C=O) groups is 1. The number of hydrogen-bond acceptors (Lipinski definition) is 7. The van der Waals surface area contributed by atoms with Crippen LogP contribution in [0.1, 0.15) is 0 Å². The Morgan fingerprint density at radius 2 is 1.93 bits per heavy atom. The summed E-state index contributed by atoms with van der Waals surface area (Å²) in [6.45, 7) is 0.970. The fraction of sp³-hybridized carbons (Fsp3) is 0.211. The number of nitrogens with zero attached hydrogens (tertiary/aromatic N) is 1. The molecule has 3 aromatic rings. The van der Waals surface area contributed by atoms with Crippen LogP contribution in [0.4, 0.5) is 5.69 Å². The number of nitrogens with one attached hydrogen (secondary N) is 2. The number of benzene rings is 2. The maximum Gasteiger partial charge on any atom is 0.442 e. The molecule has 0 radical (unpaired) electrons. The molecule has 29 heavy (non-hydrogen) atoms. The predicted molar refractivity (Wildman–Crippen MR) is 104 cm³/mol. The van der Waals surface area contributed by atoms with E-state index in [0.717, 1.165) is 11.8 Å². The van der Waals surface area contributed by atoms with Crippen LogP contribution >= 0.6 is 11.8 Å². The minimum absolute atomic E-state index is 0.0210. The van der Waals surface area contributed by atoms with Gasteiger partial charge in [-0.1, -0.05) is 0 Å². The molecular formula is C19H18N3O6S+. The molecule has 0 spiro atoms. The Morgan fingerprint density at radius 3 is 2.69 bits per heavy atom. The zero-order chi connectivity index (χ0) is 20.2. The quantitative estimate of drug-likeness (QED) is 0.466. The van der Waals surface area contributed by atoms with Crippen molar-refractivity contribution in [2.45, 2.75) is 5.03 Å². The van der Waals surface area contributed by atoms with Crippen LogP contribution in [0, 0.1) is 0 Å². The van der Waals surface area contributed by atoms with Gasteiger partial charge in [0.2, 0.25) is 11.6 Å². The van der Waals surface area contributed by atoms with Gasteiger partial charge in [-0.25, -0.2) is 4.79 Å². The number of H-pyrrole nitrogens is 1. The molecule has 0 saturated heterocycles. The number of rotatable bonds is 6. The lowest BCUT2D eigenvalue weighted by Gasteiger charge is -2.18. The van der Waals surface area contributed by atoms with Crippen LogP contribution in [0.3, 0.4) is 0 Å². The zero-order valence-electron chi connectivity index (χ0n) is 15.5. The molecule has 0 aliphatic carbocycles. The minimum Gasteiger partial charge on any atom is -0.497 e. The molecule has 0 bridgehead atoms. The van der Waals surface area contributed by atoms with Crippen LogP contribution in [-0.4, -0.2) is 37.3 Å². The smallest absolute Gasteiger partial charge is 0.442 e. The topological polar surface area (TPSA) is 107 Å². The molecule has 2 heterocycles. The van der Waals surface area contributed by atoms with E-state index in [9.17, 15) is 9.59 Å². The number of aromatic nitrogens is 2. The van der Waals surface area contributed by atoms with E-state index in [0.29, 0.717) is 41.8 Å². The lowest BCUT2D eigenvalue weighted by Crippen LogP contribution is -2.36. The molecule has 1 aliphatic heterocycles. The summed E-state index contributed by atoms with van der Waals surface area (Å²) in [5, 5.41) is 5.58. The Labute approximate surface area is 169 Å². The molecular weight excluding hydrogens is 398 g/mol. The second-order valence-electron chi connectivity index (χ2n) is 6.01. The molecule has 2 N–H and O–H groups in total. The molecule has 0 fully saturated rings. The average molecular weight is 416 g/mol. The number of fused-ring (bicyclic) bond motifs is 1. The van der Waals surface area contributed by atoms with Crippen molar-refractivity contribution in [1.82, 2.24) is 5.27 Å². The first kappa shape index (κ1) is 18.9. The number of methoxy groups -OCH3 is 1. The van der Waals surface area contributed by atoms with Crippen LogP contribution < -0.4 is 29.8 Å². The molecule has 0 saturated carbocycles. The minimum atomic E-state index is -0.557. The highest BCUT2D eigenvalue weighted by Crippen LogP contribution is 2.32. The van der Waals surface area contributed by atoms with E-state index in [1.54, 1.807) is 49.6 Å². The molecule has 10 heteroatoms. The molecule has 1 amide bonds. The fourth-order valence-corrected chi connectivity index (χ4v) is 3.51. The van der Waals surface area contributed by atoms with Gasteiger partial charge >= 0.3 is 10.7 Å². The van der Waals surface area contributed by atoms with Gasteiger partial charge in [-0.3, -0.25) is 9.32 Å². The van der Waals surface area contributed by atoms with Crippen molar-refractivity contribution in [1.29, 1.82) is 0 Å². The number of aromatic amines is 1. The Morgan fingerprint density at radius 1 is 1.17 bits per heavy atom. The van der Waals surface area contributed by atoms with Crippen LogP contribution in [0.25, 0.3) is 5.69 Å². The molecule has 0 atom stereocenters. The van der Waals surface area contributed by atoms with E-state index < -0.39 is 5.63 Å². The summed E-state index contributed by atoms with van der Waals surface area (Å²) in [5.41, 5.74) is 0.702. The van der Waals surface area contributed by atoms with Gasteiger partial charge in [-0.05, 0) is 46.0 Å². The van der Waals surface area contributed by atoms with Gasteiger partial charge in [-0.2, -0.15) is 0 Å². The highest BCUT2D eigenvalue weighted by atomic mass is 32.2. The van der Waals surface area contributed by atoms with Crippen molar-refractivity contribution >= 4 is 23.4 Å². The van der Waals surface area contributed by atoms with Gasteiger partial charge in [0.1, 0.15) is 19.0 Å². The summed E-state index contributed by atoms with van der Waals surface area (Å²) >= 11 is 1.07. The van der Waals surface area contributed by atoms with Gasteiger partial charge in [0, 0.05) is 23.9 Å². The van der Waals surface area contributed by atoms with E-state index in [4.69, 9.17) is 18.7 Å². The summed E-state index contributed by atoms with van der Waals surface area (Å²) in [6.07, 6.45) is 0. The third kappa shape index (κ3) is 4.21. The van der Waals surface area contributed by atoms with Crippen molar-refractivity contribution in [2.75, 3.05) is 31.4 Å². The van der Waals surface area contributed by atoms with Crippen LogP contribution in [0.5, 0.6) is 17.2 Å². The number of anilines is 1. The largest absolute Gasteiger partial charge is 0.497 e. The summed E-state index contributed by atoms with van der Waals surface area (Å²) in [4.78, 5) is 24.4. The van der Waals surface area contributed by atoms with Gasteiger partial charge in [0.05, 0.1) is 12.9 Å². The zero-order valence-corrected chi connectivity index (χ0v) is 16.3. The number of carbonyl (C=O) groups excluding carboxylic acids is 1. The Kier molecular flexibility index (Phi) is 5.43. The monoisotopic (exact) mass is 416 g/mol. The standard InChI is InChI=1S/C19H17N3O6S/c1-25-14-5-3-13(4-6-14)22-18(19(24)28-21-22)29-11-17(23)20-12-2-7-15-16(10-12)27-9-8-26-15/h2-7,10H,8-9,11H2,1H3,(H-,20,21,23,24)/p+1. The van der Waals surface area contributed by atoms with Crippen molar-refractivity contribution in [3.8, 4) is 22.9 Å². The van der Waals surface area contributed by atoms with Crippen LogP contribution in [0.15, 0.2) is 56.8 Å². The highest BCUT2D eigenvalue weighted by Gasteiger charge is 2.25. The SMILES string of the molecule is COc1ccc(-[n+]2[nH]oc(=O)c2SCC(=O)Nc2ccc3c(c2)OCCO3)cc1. The van der Waals surface area contributed by atoms with E-state index in [2.05, 4.69) is 10.6 Å². The summed E-state index contributed by atoms with van der Waals surface area (Å²) in [7, 11) is 1.57. The van der Waals surface area contributed by atoms with Crippen molar-refractivity contribution in [3.05, 3.63) is 52.9 Å². The van der Waals surface area contributed by atoms with Crippen molar-refractivity contribution in [2.24, 2.45) is 0 Å². The Balaban J connectivity index is 1.43. The Bertz CT molecular complexity index is 1080. The van der Waals surface area contributed by atoms with Gasteiger partial charge in [0.15, 0.2) is 11.5 Å². The molecule has 2 aromatic carbocycles. The first-order valence-electron chi connectivity index (χ1n) is 8.74. The van der Waals surface area contributed by atoms with E-state index in [1.807, 2.05) is 0 Å². The number of ether oxygens (including phenoxy) is 3. The molecule has 9 nitrogen and oxygen atoms in total. The first-order chi connectivity index (χ1) is 14.1. The van der Waals surface area contributed by atoms with Gasteiger partial charge < -0.3 is 19.5 Å². The second kappa shape index (κ2) is 8.31. The average Bonchev–Trinajstić information content (AvgIpc) is 3.12. The second-order valence-corrected chi connectivity index (χ2v) is 6.98. The number of amides is 1. The third-order valence-corrected chi connectivity index (χ3v) is 5.13. The molecule has 1 aromatic heterocycles. The first-order valence-corrected chi connectivity index (χ1v) is 9.73. The summed E-state index contributed by atoms with van der Waals surface area (Å²) in [6, 6.07) is 12.2. The fourth-order valence-electron chi connectivity index (χ4n) is 2.74. The molecule has 0 unspecified atom stereocenters. The summed E-state index contributed by atoms with van der Waals surface area (Å²) < 4.78 is 22.5. The lowest BCUT2D eigenvalue weighted by molar-refractivity contribution is -0.704. The number of hydrogen-bond donors (Lipinski definition) is 2. The predicted octanol–water partition coefficient (Wildman–Crippen LogP) is 1.76. The van der Waals surface area contributed by atoms with Crippen LogP contribution in [-0.2, 0) is 4.79 Å².